The zero-order valence-electron chi connectivity index (χ0n) is 25.9. The SMILES string of the molecule is CCCNc1nc(Nc2ccc(C(N)=O)cc2)ncc1C(=O)Nc1cccc(NC(=O)[C@H](C)N(C)C(=O)C=CCNCC(F)(F)F)c1. The number of aromatic nitrogens is 2. The minimum Gasteiger partial charge on any atom is -0.369 e. The molecule has 3 rings (SSSR count). The molecule has 4 amide bonds. The molecule has 1 heterocycles. The van der Waals surface area contributed by atoms with Gasteiger partial charge in [-0.25, -0.2) is 4.98 Å². The lowest BCUT2D eigenvalue weighted by Gasteiger charge is -2.23. The summed E-state index contributed by atoms with van der Waals surface area (Å²) in [5.41, 5.74) is 7.10. The maximum atomic E-state index is 13.3. The van der Waals surface area contributed by atoms with Gasteiger partial charge in [-0.2, -0.15) is 18.2 Å². The fourth-order valence-corrected chi connectivity index (χ4v) is 3.89. The predicted octanol–water partition coefficient (Wildman–Crippen LogP) is 3.89. The first-order valence-corrected chi connectivity index (χ1v) is 14.5. The minimum atomic E-state index is -4.36. The summed E-state index contributed by atoms with van der Waals surface area (Å²) in [6.07, 6.45) is 0.0892. The molecular formula is C31H36F3N9O4. The summed E-state index contributed by atoms with van der Waals surface area (Å²) in [6.45, 7) is 2.62. The van der Waals surface area contributed by atoms with Gasteiger partial charge in [-0.3, -0.25) is 19.2 Å². The molecule has 0 unspecified atom stereocenters. The lowest BCUT2D eigenvalue weighted by Crippen LogP contribution is -2.42. The molecule has 0 fully saturated rings. The van der Waals surface area contributed by atoms with E-state index in [2.05, 4.69) is 36.6 Å². The molecule has 0 radical (unpaired) electrons. The van der Waals surface area contributed by atoms with Gasteiger partial charge in [0.25, 0.3) is 5.91 Å². The number of hydrogen-bond acceptors (Lipinski definition) is 9. The number of likely N-dealkylation sites (N-methyl/N-ethyl adjacent to an activating group) is 1. The Balaban J connectivity index is 1.64. The van der Waals surface area contributed by atoms with Crippen LogP contribution in [-0.2, 0) is 9.59 Å². The number of carbonyl (C=O) groups excluding carboxylic acids is 4. The van der Waals surface area contributed by atoms with Crippen LogP contribution in [0.5, 0.6) is 0 Å². The van der Waals surface area contributed by atoms with Crippen LogP contribution in [0.25, 0.3) is 0 Å². The third-order valence-electron chi connectivity index (χ3n) is 6.55. The van der Waals surface area contributed by atoms with Crippen LogP contribution >= 0.6 is 0 Å². The summed E-state index contributed by atoms with van der Waals surface area (Å²) in [7, 11) is 1.39. The van der Waals surface area contributed by atoms with Crippen molar-refractivity contribution in [3.63, 3.8) is 0 Å². The monoisotopic (exact) mass is 655 g/mol. The molecule has 13 nitrogen and oxygen atoms in total. The van der Waals surface area contributed by atoms with Crippen LogP contribution in [0.1, 0.15) is 41.0 Å². The molecule has 250 valence electrons. The molecule has 2 aromatic carbocycles. The van der Waals surface area contributed by atoms with Crippen molar-refractivity contribution in [2.75, 3.05) is 47.9 Å². The van der Waals surface area contributed by atoms with E-state index in [1.807, 2.05) is 6.92 Å². The highest BCUT2D eigenvalue weighted by Gasteiger charge is 2.26. The average Bonchev–Trinajstić information content (AvgIpc) is 3.02. The van der Waals surface area contributed by atoms with Crippen LogP contribution in [0.15, 0.2) is 66.9 Å². The van der Waals surface area contributed by atoms with Gasteiger partial charge in [0.1, 0.15) is 17.4 Å². The molecule has 16 heteroatoms. The Hall–Kier alpha value is -5.51. The van der Waals surface area contributed by atoms with E-state index < -0.39 is 42.4 Å². The lowest BCUT2D eigenvalue weighted by atomic mass is 10.2. The number of halogens is 3. The first kappa shape index (κ1) is 36.0. The van der Waals surface area contributed by atoms with Crippen molar-refractivity contribution < 1.29 is 32.3 Å². The third kappa shape index (κ3) is 11.4. The molecule has 7 N–H and O–H groups in total. The fraction of sp³-hybridized carbons (Fsp3) is 0.290. The van der Waals surface area contributed by atoms with Gasteiger partial charge in [0.05, 0.1) is 6.54 Å². The van der Waals surface area contributed by atoms with Gasteiger partial charge in [0.15, 0.2) is 0 Å². The Bertz CT molecular complexity index is 1600. The molecule has 0 aliphatic heterocycles. The normalized spacial score (nSPS) is 11.9. The number of rotatable bonds is 15. The number of nitrogens with zero attached hydrogens (tertiary/aromatic N) is 3. The molecule has 0 bridgehead atoms. The summed E-state index contributed by atoms with van der Waals surface area (Å²) >= 11 is 0. The summed E-state index contributed by atoms with van der Waals surface area (Å²) in [5, 5.41) is 13.7. The third-order valence-corrected chi connectivity index (χ3v) is 6.55. The molecular weight excluding hydrogens is 619 g/mol. The number of anilines is 5. The number of primary amides is 1. The highest BCUT2D eigenvalue weighted by molar-refractivity contribution is 6.08. The van der Waals surface area contributed by atoms with Gasteiger partial charge in [-0.1, -0.05) is 19.1 Å². The van der Waals surface area contributed by atoms with Gasteiger partial charge < -0.3 is 37.2 Å². The van der Waals surface area contributed by atoms with E-state index in [1.165, 1.54) is 32.3 Å². The Labute approximate surface area is 269 Å². The van der Waals surface area contributed by atoms with E-state index in [1.54, 1.807) is 42.5 Å². The fourth-order valence-electron chi connectivity index (χ4n) is 3.89. The molecule has 0 saturated heterocycles. The first-order chi connectivity index (χ1) is 22.3. The molecule has 1 aromatic heterocycles. The largest absolute Gasteiger partial charge is 0.401 e. The molecule has 0 saturated carbocycles. The van der Waals surface area contributed by atoms with Crippen molar-refractivity contribution in [1.29, 1.82) is 0 Å². The summed E-state index contributed by atoms with van der Waals surface area (Å²) in [6, 6.07) is 11.8. The highest BCUT2D eigenvalue weighted by Crippen LogP contribution is 2.21. The van der Waals surface area contributed by atoms with Crippen molar-refractivity contribution in [3.05, 3.63) is 78.0 Å². The molecule has 47 heavy (non-hydrogen) atoms. The van der Waals surface area contributed by atoms with Gasteiger partial charge in [0.2, 0.25) is 23.7 Å². The lowest BCUT2D eigenvalue weighted by molar-refractivity contribution is -0.132. The Morgan fingerprint density at radius 1 is 1.02 bits per heavy atom. The molecule has 0 aliphatic rings. The number of alkyl halides is 3. The molecule has 0 spiro atoms. The summed E-state index contributed by atoms with van der Waals surface area (Å²) in [5.74, 6) is -1.67. The van der Waals surface area contributed by atoms with Crippen molar-refractivity contribution in [1.82, 2.24) is 20.2 Å². The second kappa shape index (κ2) is 16.7. The smallest absolute Gasteiger partial charge is 0.369 e. The van der Waals surface area contributed by atoms with Gasteiger partial charge in [-0.15, -0.1) is 0 Å². The molecule has 0 aliphatic carbocycles. The maximum Gasteiger partial charge on any atom is 0.401 e. The van der Waals surface area contributed by atoms with E-state index in [4.69, 9.17) is 5.73 Å². The number of nitrogens with one attached hydrogen (secondary N) is 5. The van der Waals surface area contributed by atoms with Crippen molar-refractivity contribution >= 4 is 52.5 Å². The van der Waals surface area contributed by atoms with Crippen LogP contribution < -0.4 is 32.3 Å². The Kier molecular flexibility index (Phi) is 12.8. The standard InChI is InChI=1S/C31H36F3N9O4/c1-4-14-37-27-24(17-38-30(42-27)41-21-12-10-20(11-13-21)26(35)45)29(47)40-23-8-5-7-22(16-23)39-28(46)19(2)43(3)25(44)9-6-15-36-18-31(32,33)34/h5-13,16-17,19,36H,4,14-15,18H2,1-3H3,(H2,35,45)(H,39,46)(H,40,47)(H2,37,38,41,42)/t19-/m0/s1. The number of benzene rings is 2. The second-order valence-corrected chi connectivity index (χ2v) is 10.2. The zero-order valence-corrected chi connectivity index (χ0v) is 25.9. The van der Waals surface area contributed by atoms with Crippen LogP contribution in [-0.4, -0.2) is 77.4 Å². The van der Waals surface area contributed by atoms with Crippen molar-refractivity contribution in [3.8, 4) is 0 Å². The number of nitrogens with two attached hydrogens (primary N) is 1. The van der Waals surface area contributed by atoms with E-state index in [0.29, 0.717) is 29.2 Å². The van der Waals surface area contributed by atoms with E-state index in [0.717, 1.165) is 17.4 Å². The summed E-state index contributed by atoms with van der Waals surface area (Å²) in [4.78, 5) is 59.6. The highest BCUT2D eigenvalue weighted by atomic mass is 19.4. The second-order valence-electron chi connectivity index (χ2n) is 10.2. The summed E-state index contributed by atoms with van der Waals surface area (Å²) < 4.78 is 36.7. The average molecular weight is 656 g/mol. The van der Waals surface area contributed by atoms with Crippen LogP contribution in [0.3, 0.4) is 0 Å². The topological polar surface area (TPSA) is 183 Å². The molecule has 1 atom stereocenters. The van der Waals surface area contributed by atoms with Crippen molar-refractivity contribution in [2.45, 2.75) is 32.5 Å². The van der Waals surface area contributed by atoms with Crippen LogP contribution in [0.4, 0.5) is 42.0 Å². The van der Waals surface area contributed by atoms with E-state index >= 15 is 0 Å². The predicted molar refractivity (Wildman–Crippen MR) is 172 cm³/mol. The quantitative estimate of drug-likeness (QED) is 0.104. The minimum absolute atomic E-state index is 0.165. The first-order valence-electron chi connectivity index (χ1n) is 14.5. The van der Waals surface area contributed by atoms with Crippen LogP contribution in [0, 0.1) is 0 Å². The zero-order chi connectivity index (χ0) is 34.6. The van der Waals surface area contributed by atoms with Gasteiger partial charge in [0, 0.05) is 55.0 Å². The van der Waals surface area contributed by atoms with Gasteiger partial charge >= 0.3 is 6.18 Å². The molecule has 3 aromatic rings. The number of hydrogen-bond donors (Lipinski definition) is 6. The van der Waals surface area contributed by atoms with E-state index in [9.17, 15) is 32.3 Å². The Morgan fingerprint density at radius 2 is 1.70 bits per heavy atom. The van der Waals surface area contributed by atoms with E-state index in [-0.39, 0.29) is 23.9 Å². The number of amides is 4. The number of carbonyl (C=O) groups is 4. The van der Waals surface area contributed by atoms with Crippen molar-refractivity contribution in [2.24, 2.45) is 5.73 Å². The van der Waals surface area contributed by atoms with Gasteiger partial charge in [-0.05, 0) is 55.8 Å². The maximum absolute atomic E-state index is 13.3. The van der Waals surface area contributed by atoms with Crippen LogP contribution in [0.2, 0.25) is 0 Å². The Morgan fingerprint density at radius 3 is 2.34 bits per heavy atom.